The summed E-state index contributed by atoms with van der Waals surface area (Å²) in [6.45, 7) is 4.29. The Bertz CT molecular complexity index is 459. The van der Waals surface area contributed by atoms with Crippen LogP contribution in [0.25, 0.3) is 0 Å². The predicted octanol–water partition coefficient (Wildman–Crippen LogP) is 2.06. The van der Waals surface area contributed by atoms with Crippen LogP contribution in [0.1, 0.15) is 36.5 Å². The van der Waals surface area contributed by atoms with E-state index < -0.39 is 0 Å². The largest absolute Gasteiger partial charge is 0.352 e. The van der Waals surface area contributed by atoms with Gasteiger partial charge in [-0.25, -0.2) is 0 Å². The number of hydrogen-bond acceptors (Lipinski definition) is 2. The van der Waals surface area contributed by atoms with Gasteiger partial charge in [-0.2, -0.15) is 0 Å². The van der Waals surface area contributed by atoms with E-state index >= 15 is 0 Å². The Kier molecular flexibility index (Phi) is 5.16. The molecule has 1 fully saturated rings. The van der Waals surface area contributed by atoms with Gasteiger partial charge in [0.25, 0.3) is 5.91 Å². The molecule has 0 spiro atoms. The molecule has 4 heteroatoms. The Hall–Kier alpha value is -1.84. The van der Waals surface area contributed by atoms with Crippen molar-refractivity contribution in [3.05, 3.63) is 35.9 Å². The highest BCUT2D eigenvalue weighted by atomic mass is 16.2. The fraction of sp³-hybridized carbons (Fsp3) is 0.500. The number of nitrogens with zero attached hydrogens (tertiary/aromatic N) is 1. The van der Waals surface area contributed by atoms with Gasteiger partial charge in [0.15, 0.2) is 0 Å². The van der Waals surface area contributed by atoms with Crippen molar-refractivity contribution in [2.24, 2.45) is 5.92 Å². The van der Waals surface area contributed by atoms with Gasteiger partial charge in [-0.15, -0.1) is 0 Å². The van der Waals surface area contributed by atoms with E-state index in [1.165, 1.54) is 6.42 Å². The third-order valence-corrected chi connectivity index (χ3v) is 3.67. The number of piperidine rings is 1. The van der Waals surface area contributed by atoms with E-state index in [0.29, 0.717) is 24.4 Å². The van der Waals surface area contributed by atoms with Crippen LogP contribution in [-0.4, -0.2) is 36.3 Å². The average Bonchev–Trinajstić information content (AvgIpc) is 2.48. The van der Waals surface area contributed by atoms with E-state index in [2.05, 4.69) is 12.2 Å². The second-order valence-corrected chi connectivity index (χ2v) is 5.46. The summed E-state index contributed by atoms with van der Waals surface area (Å²) in [4.78, 5) is 25.8. The number of hydrogen-bond donors (Lipinski definition) is 1. The molecule has 0 saturated carbocycles. The number of nitrogens with one attached hydrogen (secondary N) is 1. The highest BCUT2D eigenvalue weighted by Crippen LogP contribution is 2.15. The lowest BCUT2D eigenvalue weighted by Gasteiger charge is -2.31. The molecule has 0 aliphatic carbocycles. The molecular formula is C16H22N2O2. The van der Waals surface area contributed by atoms with Crippen molar-refractivity contribution < 1.29 is 9.59 Å². The highest BCUT2D eigenvalue weighted by Gasteiger charge is 2.20. The summed E-state index contributed by atoms with van der Waals surface area (Å²) >= 11 is 0. The van der Waals surface area contributed by atoms with Gasteiger partial charge in [-0.1, -0.05) is 25.1 Å². The summed E-state index contributed by atoms with van der Waals surface area (Å²) < 4.78 is 0. The maximum absolute atomic E-state index is 12.0. The molecule has 1 saturated heterocycles. The monoisotopic (exact) mass is 274 g/mol. The second kappa shape index (κ2) is 7.08. The van der Waals surface area contributed by atoms with Gasteiger partial charge in [0.2, 0.25) is 5.91 Å². The standard InChI is InChI=1S/C16H22N2O2/c1-13-6-5-11-18(12-13)15(19)9-10-17-16(20)14-7-3-2-4-8-14/h2-4,7-8,13H,5-6,9-12H2,1H3,(H,17,20)/t13-/m1/s1. The smallest absolute Gasteiger partial charge is 0.251 e. The van der Waals surface area contributed by atoms with E-state index in [0.717, 1.165) is 19.5 Å². The Balaban J connectivity index is 1.73. The minimum absolute atomic E-state index is 0.120. The Morgan fingerprint density at radius 1 is 1.30 bits per heavy atom. The van der Waals surface area contributed by atoms with Crippen molar-refractivity contribution in [1.82, 2.24) is 10.2 Å². The summed E-state index contributed by atoms with van der Waals surface area (Å²) in [5, 5.41) is 2.79. The molecule has 1 aliphatic heterocycles. The van der Waals surface area contributed by atoms with Crippen LogP contribution >= 0.6 is 0 Å². The first-order valence-corrected chi connectivity index (χ1v) is 7.28. The second-order valence-electron chi connectivity index (χ2n) is 5.46. The molecule has 1 aromatic rings. The zero-order chi connectivity index (χ0) is 14.4. The third kappa shape index (κ3) is 4.08. The number of amides is 2. The topological polar surface area (TPSA) is 49.4 Å². The van der Waals surface area contributed by atoms with Crippen molar-refractivity contribution in [2.45, 2.75) is 26.2 Å². The van der Waals surface area contributed by atoms with Crippen LogP contribution in [0.15, 0.2) is 30.3 Å². The first kappa shape index (κ1) is 14.6. The Labute approximate surface area is 120 Å². The molecule has 1 atom stereocenters. The van der Waals surface area contributed by atoms with E-state index in [9.17, 15) is 9.59 Å². The zero-order valence-electron chi connectivity index (χ0n) is 12.0. The molecule has 1 heterocycles. The van der Waals surface area contributed by atoms with Gasteiger partial charge in [0, 0.05) is 31.6 Å². The van der Waals surface area contributed by atoms with Crippen LogP contribution in [-0.2, 0) is 4.79 Å². The first-order valence-electron chi connectivity index (χ1n) is 7.28. The van der Waals surface area contributed by atoms with E-state index in [1.54, 1.807) is 12.1 Å². The highest BCUT2D eigenvalue weighted by molar-refractivity contribution is 5.94. The molecule has 0 bridgehead atoms. The van der Waals surface area contributed by atoms with Gasteiger partial charge in [-0.05, 0) is 30.9 Å². The van der Waals surface area contributed by atoms with Crippen LogP contribution in [0, 0.1) is 5.92 Å². The Morgan fingerprint density at radius 2 is 2.05 bits per heavy atom. The van der Waals surface area contributed by atoms with Crippen LogP contribution in [0.2, 0.25) is 0 Å². The van der Waals surface area contributed by atoms with Crippen molar-refractivity contribution in [3.8, 4) is 0 Å². The molecule has 1 aliphatic rings. The van der Waals surface area contributed by atoms with Gasteiger partial charge >= 0.3 is 0 Å². The van der Waals surface area contributed by atoms with E-state index in [-0.39, 0.29) is 11.8 Å². The molecule has 4 nitrogen and oxygen atoms in total. The van der Waals surface area contributed by atoms with E-state index in [4.69, 9.17) is 0 Å². The number of benzene rings is 1. The van der Waals surface area contributed by atoms with Crippen molar-refractivity contribution in [2.75, 3.05) is 19.6 Å². The van der Waals surface area contributed by atoms with Crippen molar-refractivity contribution >= 4 is 11.8 Å². The molecule has 108 valence electrons. The number of carbonyl (C=O) groups excluding carboxylic acids is 2. The van der Waals surface area contributed by atoms with Crippen LogP contribution in [0.5, 0.6) is 0 Å². The summed E-state index contributed by atoms with van der Waals surface area (Å²) in [6.07, 6.45) is 2.67. The normalized spacial score (nSPS) is 18.6. The average molecular weight is 274 g/mol. The lowest BCUT2D eigenvalue weighted by molar-refractivity contribution is -0.132. The van der Waals surface area contributed by atoms with Gasteiger partial charge in [0.1, 0.15) is 0 Å². The molecule has 0 radical (unpaired) electrons. The maximum Gasteiger partial charge on any atom is 0.251 e. The molecule has 0 aromatic heterocycles. The lowest BCUT2D eigenvalue weighted by Crippen LogP contribution is -2.40. The molecule has 1 aromatic carbocycles. The van der Waals surface area contributed by atoms with Gasteiger partial charge < -0.3 is 10.2 Å². The van der Waals surface area contributed by atoms with Gasteiger partial charge in [-0.3, -0.25) is 9.59 Å². The van der Waals surface area contributed by atoms with E-state index in [1.807, 2.05) is 23.1 Å². The van der Waals surface area contributed by atoms with Crippen LogP contribution in [0.3, 0.4) is 0 Å². The fourth-order valence-corrected chi connectivity index (χ4v) is 2.55. The minimum atomic E-state index is -0.120. The maximum atomic E-state index is 12.0. The fourth-order valence-electron chi connectivity index (χ4n) is 2.55. The number of likely N-dealkylation sites (tertiary alicyclic amines) is 1. The number of carbonyl (C=O) groups is 2. The summed E-state index contributed by atoms with van der Waals surface area (Å²) in [7, 11) is 0. The minimum Gasteiger partial charge on any atom is -0.352 e. The molecular weight excluding hydrogens is 252 g/mol. The first-order chi connectivity index (χ1) is 9.66. The van der Waals surface area contributed by atoms with Crippen molar-refractivity contribution in [1.29, 1.82) is 0 Å². The molecule has 20 heavy (non-hydrogen) atoms. The molecule has 2 rings (SSSR count). The third-order valence-electron chi connectivity index (χ3n) is 3.67. The lowest BCUT2D eigenvalue weighted by atomic mass is 10.00. The molecule has 1 N–H and O–H groups in total. The predicted molar refractivity (Wildman–Crippen MR) is 78.4 cm³/mol. The van der Waals surface area contributed by atoms with Crippen LogP contribution < -0.4 is 5.32 Å². The van der Waals surface area contributed by atoms with Crippen molar-refractivity contribution in [3.63, 3.8) is 0 Å². The summed E-state index contributed by atoms with van der Waals surface area (Å²) in [5.41, 5.74) is 0.631. The summed E-state index contributed by atoms with van der Waals surface area (Å²) in [6, 6.07) is 9.06. The Morgan fingerprint density at radius 3 is 2.75 bits per heavy atom. The quantitative estimate of drug-likeness (QED) is 0.913. The summed E-state index contributed by atoms with van der Waals surface area (Å²) in [5.74, 6) is 0.613. The zero-order valence-corrected chi connectivity index (χ0v) is 12.0. The molecule has 0 unspecified atom stereocenters. The SMILES string of the molecule is C[C@@H]1CCCN(C(=O)CCNC(=O)c2ccccc2)C1. The van der Waals surface area contributed by atoms with Crippen LogP contribution in [0.4, 0.5) is 0 Å². The number of rotatable bonds is 4. The van der Waals surface area contributed by atoms with Gasteiger partial charge in [0.05, 0.1) is 0 Å². The molecule has 2 amide bonds.